The molecule has 3 heterocycles. The van der Waals surface area contributed by atoms with Crippen LogP contribution in [-0.2, 0) is 16.6 Å². The maximum Gasteiger partial charge on any atom is 0.243 e. The number of anilines is 2. The molecule has 2 aromatic carbocycles. The molecule has 0 saturated carbocycles. The molecule has 1 saturated heterocycles. The third kappa shape index (κ3) is 4.92. The van der Waals surface area contributed by atoms with E-state index in [0.717, 1.165) is 5.56 Å². The topological polar surface area (TPSA) is 96.2 Å². The van der Waals surface area contributed by atoms with Crippen LogP contribution in [-0.4, -0.2) is 65.0 Å². The van der Waals surface area contributed by atoms with Gasteiger partial charge in [-0.2, -0.15) is 14.3 Å². The van der Waals surface area contributed by atoms with Gasteiger partial charge in [-0.1, -0.05) is 48.0 Å². The van der Waals surface area contributed by atoms with Gasteiger partial charge in [-0.05, 0) is 29.8 Å². The Kier molecular flexibility index (Phi) is 6.90. The number of piperazine rings is 1. The van der Waals surface area contributed by atoms with Crippen LogP contribution in [0.5, 0.6) is 0 Å². The van der Waals surface area contributed by atoms with E-state index in [4.69, 9.17) is 21.6 Å². The molecule has 4 aromatic rings. The summed E-state index contributed by atoms with van der Waals surface area (Å²) < 4.78 is 29.6. The van der Waals surface area contributed by atoms with Gasteiger partial charge in [-0.25, -0.2) is 13.4 Å². The molecule has 0 radical (unpaired) electrons. The van der Waals surface area contributed by atoms with Gasteiger partial charge in [0.1, 0.15) is 0 Å². The molecule has 0 aliphatic carbocycles. The zero-order valence-corrected chi connectivity index (χ0v) is 21.2. The van der Waals surface area contributed by atoms with E-state index in [9.17, 15) is 8.42 Å². The number of hydrogen-bond acceptors (Lipinski definition) is 7. The highest BCUT2D eigenvalue weighted by Crippen LogP contribution is 2.25. The largest absolute Gasteiger partial charge is 0.365 e. The number of sulfonamides is 1. The molecule has 1 aliphatic heterocycles. The predicted molar refractivity (Wildman–Crippen MR) is 142 cm³/mol. The summed E-state index contributed by atoms with van der Waals surface area (Å²) in [7, 11) is -3.60. The van der Waals surface area contributed by atoms with Crippen molar-refractivity contribution >= 4 is 44.6 Å². The minimum absolute atomic E-state index is 0.235. The normalized spacial score (nSPS) is 14.8. The van der Waals surface area contributed by atoms with Gasteiger partial charge in [-0.15, -0.1) is 6.58 Å². The first kappa shape index (κ1) is 24.2. The summed E-state index contributed by atoms with van der Waals surface area (Å²) in [6.45, 7) is 6.51. The van der Waals surface area contributed by atoms with Crippen molar-refractivity contribution in [3.05, 3.63) is 84.2 Å². The van der Waals surface area contributed by atoms with Gasteiger partial charge in [0, 0.05) is 37.7 Å². The summed E-state index contributed by atoms with van der Waals surface area (Å²) in [5, 5.41) is 3.76. The second-order valence-electron chi connectivity index (χ2n) is 8.42. The fourth-order valence-corrected chi connectivity index (χ4v) is 5.69. The lowest BCUT2D eigenvalue weighted by atomic mass is 10.2. The van der Waals surface area contributed by atoms with Gasteiger partial charge in [0.25, 0.3) is 0 Å². The lowest BCUT2D eigenvalue weighted by molar-refractivity contribution is 0.382. The first-order valence-electron chi connectivity index (χ1n) is 11.6. The molecule has 2 aromatic heterocycles. The van der Waals surface area contributed by atoms with Crippen molar-refractivity contribution in [1.82, 2.24) is 23.8 Å². The maximum absolute atomic E-state index is 13.1. The minimum Gasteiger partial charge on any atom is -0.365 e. The molecule has 0 spiro atoms. The van der Waals surface area contributed by atoms with Gasteiger partial charge in [-0.3, -0.25) is 0 Å². The average Bonchev–Trinajstić information content (AvgIpc) is 3.31. The first-order chi connectivity index (χ1) is 17.5. The highest BCUT2D eigenvalue weighted by Gasteiger charge is 2.30. The fourth-order valence-electron chi connectivity index (χ4n) is 4.15. The van der Waals surface area contributed by atoms with Crippen LogP contribution >= 0.6 is 11.6 Å². The van der Waals surface area contributed by atoms with Crippen LogP contribution in [0, 0.1) is 0 Å². The van der Waals surface area contributed by atoms with Crippen molar-refractivity contribution in [2.75, 3.05) is 42.9 Å². The number of aromatic nitrogens is 4. The van der Waals surface area contributed by atoms with Crippen LogP contribution in [0.1, 0.15) is 5.56 Å². The zero-order chi connectivity index (χ0) is 25.1. The molecule has 186 valence electrons. The Bertz CT molecular complexity index is 1470. The molecular formula is C25H26ClN7O2S. The molecule has 1 aliphatic rings. The first-order valence-corrected chi connectivity index (χ1v) is 13.4. The van der Waals surface area contributed by atoms with Crippen LogP contribution in [0.15, 0.2) is 78.5 Å². The number of benzene rings is 2. The third-order valence-electron chi connectivity index (χ3n) is 6.03. The third-order valence-corrected chi connectivity index (χ3v) is 8.20. The number of fused-ring (bicyclic) bond motifs is 1. The number of nitrogens with zero attached hydrogens (tertiary/aromatic N) is 6. The van der Waals surface area contributed by atoms with Crippen LogP contribution < -0.4 is 10.2 Å². The molecule has 5 rings (SSSR count). The molecule has 1 fully saturated rings. The molecule has 0 amide bonds. The number of halogens is 1. The predicted octanol–water partition coefficient (Wildman–Crippen LogP) is 3.64. The Morgan fingerprint density at radius 3 is 2.42 bits per heavy atom. The summed E-state index contributed by atoms with van der Waals surface area (Å²) in [4.78, 5) is 16.4. The van der Waals surface area contributed by atoms with Gasteiger partial charge in [0.15, 0.2) is 17.0 Å². The molecule has 0 unspecified atom stereocenters. The number of nitrogens with one attached hydrogen (secondary N) is 1. The Morgan fingerprint density at radius 2 is 1.72 bits per heavy atom. The quantitative estimate of drug-likeness (QED) is 0.352. The summed E-state index contributed by atoms with van der Waals surface area (Å²) in [5.41, 5.74) is 2.53. The average molecular weight is 524 g/mol. The van der Waals surface area contributed by atoms with E-state index in [-0.39, 0.29) is 4.90 Å². The standard InChI is InChI=1S/C25H26ClN7O2S/c1-2-12-27-23-22-24(32(18-28-22)17-19-6-4-3-5-7-19)30-25(29-23)31-13-15-33(16-14-31)36(34,35)21-10-8-20(26)9-11-21/h2-11,18H,1,12-17H2,(H,27,29,30). The van der Waals surface area contributed by atoms with Crippen molar-refractivity contribution in [1.29, 1.82) is 0 Å². The van der Waals surface area contributed by atoms with Crippen LogP contribution in [0.4, 0.5) is 11.8 Å². The monoisotopic (exact) mass is 523 g/mol. The van der Waals surface area contributed by atoms with Gasteiger partial charge >= 0.3 is 0 Å². The molecular weight excluding hydrogens is 498 g/mol. The highest BCUT2D eigenvalue weighted by atomic mass is 35.5. The number of imidazole rings is 1. The second kappa shape index (κ2) is 10.3. The molecule has 36 heavy (non-hydrogen) atoms. The van der Waals surface area contributed by atoms with E-state index in [0.29, 0.717) is 67.2 Å². The van der Waals surface area contributed by atoms with E-state index in [1.807, 2.05) is 27.7 Å². The summed E-state index contributed by atoms with van der Waals surface area (Å²) >= 11 is 5.92. The molecule has 11 heteroatoms. The summed E-state index contributed by atoms with van der Waals surface area (Å²) in [6.07, 6.45) is 3.53. The van der Waals surface area contributed by atoms with Gasteiger partial charge in [0.05, 0.1) is 17.8 Å². The fraction of sp³-hybridized carbons (Fsp3) is 0.240. The van der Waals surface area contributed by atoms with Crippen molar-refractivity contribution in [2.24, 2.45) is 0 Å². The summed E-state index contributed by atoms with van der Waals surface area (Å²) in [5.74, 6) is 1.16. The SMILES string of the molecule is C=CCNc1nc(N2CCN(S(=O)(=O)c3ccc(Cl)cc3)CC2)nc2c1ncn2Cc1ccccc1. The smallest absolute Gasteiger partial charge is 0.243 e. The Balaban J connectivity index is 1.40. The van der Waals surface area contributed by atoms with E-state index in [1.54, 1.807) is 24.5 Å². The Labute approximate surface area is 215 Å². The molecule has 0 bridgehead atoms. The molecule has 0 atom stereocenters. The highest BCUT2D eigenvalue weighted by molar-refractivity contribution is 7.89. The van der Waals surface area contributed by atoms with E-state index in [2.05, 4.69) is 29.0 Å². The van der Waals surface area contributed by atoms with E-state index < -0.39 is 10.0 Å². The lowest BCUT2D eigenvalue weighted by Crippen LogP contribution is -2.49. The molecule has 9 nitrogen and oxygen atoms in total. The van der Waals surface area contributed by atoms with E-state index in [1.165, 1.54) is 16.4 Å². The Morgan fingerprint density at radius 1 is 1.00 bits per heavy atom. The summed E-state index contributed by atoms with van der Waals surface area (Å²) in [6, 6.07) is 16.4. The maximum atomic E-state index is 13.1. The van der Waals surface area contributed by atoms with E-state index >= 15 is 0 Å². The van der Waals surface area contributed by atoms with Gasteiger partial charge < -0.3 is 14.8 Å². The lowest BCUT2D eigenvalue weighted by Gasteiger charge is -2.34. The van der Waals surface area contributed by atoms with Crippen LogP contribution in [0.2, 0.25) is 5.02 Å². The Hall–Kier alpha value is -3.47. The van der Waals surface area contributed by atoms with Crippen molar-refractivity contribution in [2.45, 2.75) is 11.4 Å². The van der Waals surface area contributed by atoms with Crippen LogP contribution in [0.3, 0.4) is 0 Å². The second-order valence-corrected chi connectivity index (χ2v) is 10.8. The number of rotatable bonds is 8. The zero-order valence-electron chi connectivity index (χ0n) is 19.6. The van der Waals surface area contributed by atoms with Crippen LogP contribution in [0.25, 0.3) is 11.2 Å². The van der Waals surface area contributed by atoms with Crippen molar-refractivity contribution in [3.63, 3.8) is 0 Å². The van der Waals surface area contributed by atoms with Crippen molar-refractivity contribution in [3.8, 4) is 0 Å². The van der Waals surface area contributed by atoms with Gasteiger partial charge in [0.2, 0.25) is 16.0 Å². The molecule has 1 N–H and O–H groups in total. The number of hydrogen-bond donors (Lipinski definition) is 1. The van der Waals surface area contributed by atoms with Crippen molar-refractivity contribution < 1.29 is 8.42 Å². The minimum atomic E-state index is -3.60.